The summed E-state index contributed by atoms with van der Waals surface area (Å²) in [6.45, 7) is 4.71. The first-order valence-corrected chi connectivity index (χ1v) is 9.07. The number of anilines is 1. The maximum atomic E-state index is 12.8. The molecule has 7 heteroatoms. The number of urea groups is 1. The second-order valence-corrected chi connectivity index (χ2v) is 7.49. The molecule has 1 aromatic carbocycles. The smallest absolute Gasteiger partial charge is 0.321 e. The van der Waals surface area contributed by atoms with Crippen molar-refractivity contribution in [1.29, 1.82) is 0 Å². The largest absolute Gasteiger partial charge is 0.356 e. The molecule has 0 saturated carbocycles. The van der Waals surface area contributed by atoms with E-state index in [0.29, 0.717) is 31.1 Å². The van der Waals surface area contributed by atoms with Gasteiger partial charge in [-0.15, -0.1) is 0 Å². The highest BCUT2D eigenvalue weighted by Crippen LogP contribution is 2.31. The van der Waals surface area contributed by atoms with E-state index in [1.807, 2.05) is 24.0 Å². The van der Waals surface area contributed by atoms with Crippen LogP contribution in [0.4, 0.5) is 10.5 Å². The van der Waals surface area contributed by atoms with Crippen molar-refractivity contribution in [3.63, 3.8) is 0 Å². The Morgan fingerprint density at radius 1 is 1.32 bits per heavy atom. The summed E-state index contributed by atoms with van der Waals surface area (Å²) in [6, 6.07) is 5.35. The lowest BCUT2D eigenvalue weighted by Crippen LogP contribution is -2.62. The fourth-order valence-corrected chi connectivity index (χ4v) is 3.96. The molecule has 25 heavy (non-hydrogen) atoms. The van der Waals surface area contributed by atoms with Crippen molar-refractivity contribution in [2.45, 2.75) is 31.7 Å². The summed E-state index contributed by atoms with van der Waals surface area (Å²) in [7, 11) is 2.09. The van der Waals surface area contributed by atoms with Crippen molar-refractivity contribution in [2.24, 2.45) is 0 Å². The molecule has 2 N–H and O–H groups in total. The molecular formula is C18H25ClN4O2. The highest BCUT2D eigenvalue weighted by molar-refractivity contribution is 6.30. The summed E-state index contributed by atoms with van der Waals surface area (Å²) in [4.78, 5) is 28.6. The van der Waals surface area contributed by atoms with E-state index in [2.05, 4.69) is 22.6 Å². The van der Waals surface area contributed by atoms with Crippen LogP contribution in [0.2, 0.25) is 5.02 Å². The number of amides is 3. The number of carbonyl (C=O) groups excluding carboxylic acids is 2. The second kappa shape index (κ2) is 7.22. The molecule has 0 radical (unpaired) electrons. The zero-order valence-corrected chi connectivity index (χ0v) is 15.5. The van der Waals surface area contributed by atoms with Crippen molar-refractivity contribution in [3.05, 3.63) is 28.8 Å². The third kappa shape index (κ3) is 3.90. The third-order valence-electron chi connectivity index (χ3n) is 5.45. The van der Waals surface area contributed by atoms with E-state index in [9.17, 15) is 9.59 Å². The SMILES string of the molecule is Cc1cc(Cl)ccc1NC(=O)N1CCN(C)[C@]2(CCNC(=O)CC2)C1. The number of hydrogen-bond acceptors (Lipinski definition) is 3. The highest BCUT2D eigenvalue weighted by atomic mass is 35.5. The first-order chi connectivity index (χ1) is 11.9. The van der Waals surface area contributed by atoms with E-state index in [-0.39, 0.29) is 17.5 Å². The molecular weight excluding hydrogens is 340 g/mol. The number of nitrogens with zero attached hydrogens (tertiary/aromatic N) is 2. The lowest BCUT2D eigenvalue weighted by Gasteiger charge is -2.49. The summed E-state index contributed by atoms with van der Waals surface area (Å²) in [5.41, 5.74) is 1.58. The van der Waals surface area contributed by atoms with E-state index in [0.717, 1.165) is 30.6 Å². The fourth-order valence-electron chi connectivity index (χ4n) is 3.73. The standard InChI is InChI=1S/C18H25ClN4O2/c1-13-11-14(19)3-4-15(13)21-17(25)23-10-9-22(2)18(12-23)6-5-16(24)20-8-7-18/h3-4,11H,5-10,12H2,1-2H3,(H,20,24)(H,21,25)/t18-/m1/s1. The molecule has 1 spiro atoms. The molecule has 0 aliphatic carbocycles. The number of halogens is 1. The van der Waals surface area contributed by atoms with Gasteiger partial charge in [-0.25, -0.2) is 4.79 Å². The molecule has 3 rings (SSSR count). The van der Waals surface area contributed by atoms with E-state index in [1.165, 1.54) is 0 Å². The van der Waals surface area contributed by atoms with Crippen molar-refractivity contribution < 1.29 is 9.59 Å². The number of likely N-dealkylation sites (N-methyl/N-ethyl adjacent to an activating group) is 1. The van der Waals surface area contributed by atoms with Gasteiger partial charge >= 0.3 is 6.03 Å². The van der Waals surface area contributed by atoms with Crippen LogP contribution in [0.3, 0.4) is 0 Å². The van der Waals surface area contributed by atoms with E-state index in [4.69, 9.17) is 11.6 Å². The summed E-state index contributed by atoms with van der Waals surface area (Å²) in [5, 5.41) is 6.59. The molecule has 3 amide bonds. The molecule has 2 aliphatic rings. The first-order valence-electron chi connectivity index (χ1n) is 8.70. The number of rotatable bonds is 1. The van der Waals surface area contributed by atoms with Gasteiger partial charge in [-0.2, -0.15) is 0 Å². The van der Waals surface area contributed by atoms with Gasteiger partial charge in [0.25, 0.3) is 0 Å². The van der Waals surface area contributed by atoms with Crippen LogP contribution in [0.25, 0.3) is 0 Å². The van der Waals surface area contributed by atoms with Gasteiger partial charge in [0, 0.05) is 48.8 Å². The van der Waals surface area contributed by atoms with Crippen molar-refractivity contribution >= 4 is 29.2 Å². The molecule has 6 nitrogen and oxygen atoms in total. The average molecular weight is 365 g/mol. The van der Waals surface area contributed by atoms with Gasteiger partial charge in [-0.1, -0.05) is 11.6 Å². The number of hydrogen-bond donors (Lipinski definition) is 2. The Labute approximate surface area is 153 Å². The second-order valence-electron chi connectivity index (χ2n) is 7.06. The normalized spacial score (nSPS) is 24.8. The Hall–Kier alpha value is -1.79. The van der Waals surface area contributed by atoms with E-state index in [1.54, 1.807) is 6.07 Å². The topological polar surface area (TPSA) is 64.7 Å². The summed E-state index contributed by atoms with van der Waals surface area (Å²) < 4.78 is 0. The quantitative estimate of drug-likeness (QED) is 0.804. The van der Waals surface area contributed by atoms with Crippen molar-refractivity contribution in [1.82, 2.24) is 15.1 Å². The molecule has 2 heterocycles. The summed E-state index contributed by atoms with van der Waals surface area (Å²) in [6.07, 6.45) is 2.15. The van der Waals surface area contributed by atoms with Gasteiger partial charge in [-0.3, -0.25) is 9.69 Å². The van der Waals surface area contributed by atoms with Gasteiger partial charge in [0.1, 0.15) is 0 Å². The van der Waals surface area contributed by atoms with Crippen molar-refractivity contribution in [3.8, 4) is 0 Å². The van der Waals surface area contributed by atoms with Crippen LogP contribution in [0.15, 0.2) is 18.2 Å². The van der Waals surface area contributed by atoms with Crippen LogP contribution >= 0.6 is 11.6 Å². The van der Waals surface area contributed by atoms with Crippen LogP contribution in [0, 0.1) is 6.92 Å². The van der Waals surface area contributed by atoms with E-state index >= 15 is 0 Å². The molecule has 2 saturated heterocycles. The Kier molecular flexibility index (Phi) is 5.20. The number of nitrogens with one attached hydrogen (secondary N) is 2. The lowest BCUT2D eigenvalue weighted by atomic mass is 9.86. The molecule has 136 valence electrons. The zero-order valence-electron chi connectivity index (χ0n) is 14.8. The maximum Gasteiger partial charge on any atom is 0.321 e. The van der Waals surface area contributed by atoms with Gasteiger partial charge in [-0.05, 0) is 50.6 Å². The van der Waals surface area contributed by atoms with Crippen molar-refractivity contribution in [2.75, 3.05) is 38.5 Å². The number of piperazine rings is 1. The molecule has 1 atom stereocenters. The Morgan fingerprint density at radius 2 is 2.12 bits per heavy atom. The molecule has 2 fully saturated rings. The van der Waals surface area contributed by atoms with E-state index < -0.39 is 0 Å². The van der Waals surface area contributed by atoms with Gasteiger partial charge in [0.15, 0.2) is 0 Å². The number of benzene rings is 1. The Bertz CT molecular complexity index is 681. The van der Waals surface area contributed by atoms with Crippen LogP contribution in [-0.4, -0.2) is 60.5 Å². The maximum absolute atomic E-state index is 12.8. The minimum Gasteiger partial charge on any atom is -0.356 e. The summed E-state index contributed by atoms with van der Waals surface area (Å²) >= 11 is 5.98. The number of aryl methyl sites for hydroxylation is 1. The van der Waals surface area contributed by atoms with Crippen LogP contribution < -0.4 is 10.6 Å². The predicted molar refractivity (Wildman–Crippen MR) is 99.0 cm³/mol. The molecule has 0 unspecified atom stereocenters. The predicted octanol–water partition coefficient (Wildman–Crippen LogP) is 2.47. The fraction of sp³-hybridized carbons (Fsp3) is 0.556. The molecule has 1 aromatic rings. The summed E-state index contributed by atoms with van der Waals surface area (Å²) in [5.74, 6) is 0.101. The van der Waals surface area contributed by atoms with Gasteiger partial charge in [0.05, 0.1) is 0 Å². The Balaban J connectivity index is 1.71. The van der Waals surface area contributed by atoms with Crippen LogP contribution in [0.5, 0.6) is 0 Å². The minimum absolute atomic E-state index is 0.0959. The average Bonchev–Trinajstić information content (AvgIpc) is 2.75. The lowest BCUT2D eigenvalue weighted by molar-refractivity contribution is -0.121. The van der Waals surface area contributed by atoms with Crippen LogP contribution in [-0.2, 0) is 4.79 Å². The zero-order chi connectivity index (χ0) is 18.0. The molecule has 0 bridgehead atoms. The molecule has 2 aliphatic heterocycles. The van der Waals surface area contributed by atoms with Gasteiger partial charge < -0.3 is 15.5 Å². The number of carbonyl (C=O) groups is 2. The van der Waals surface area contributed by atoms with Crippen LogP contribution in [0.1, 0.15) is 24.8 Å². The monoisotopic (exact) mass is 364 g/mol. The Morgan fingerprint density at radius 3 is 2.88 bits per heavy atom. The highest BCUT2D eigenvalue weighted by Gasteiger charge is 2.42. The molecule has 0 aromatic heterocycles. The minimum atomic E-state index is -0.135. The first kappa shape index (κ1) is 18.0. The van der Waals surface area contributed by atoms with Gasteiger partial charge in [0.2, 0.25) is 5.91 Å². The third-order valence-corrected chi connectivity index (χ3v) is 5.68.